The fourth-order valence-electron chi connectivity index (χ4n) is 0.864. The Morgan fingerprint density at radius 1 is 0.850 bits per heavy atom. The van der Waals surface area contributed by atoms with Crippen molar-refractivity contribution in [1.82, 2.24) is 9.38 Å². The minimum absolute atomic E-state index is 0. The van der Waals surface area contributed by atoms with Crippen LogP contribution < -0.4 is 0 Å². The summed E-state index contributed by atoms with van der Waals surface area (Å²) in [6, 6.07) is 5.93. The van der Waals surface area contributed by atoms with Crippen LogP contribution in [0.25, 0.3) is 5.65 Å². The second kappa shape index (κ2) is 15.8. The largest absolute Gasteiger partial charge is 0.307 e. The lowest BCUT2D eigenvalue weighted by atomic mass is 10.3. The minimum Gasteiger partial charge on any atom is -0.307 e. The van der Waals surface area contributed by atoms with Gasteiger partial charge in [0, 0.05) is 27.0 Å². The van der Waals surface area contributed by atoms with Gasteiger partial charge >= 0.3 is 0 Å². The molecule has 3 radical (unpaired) electrons. The molecule has 2 aromatic heterocycles. The number of pyridine rings is 1. The molecule has 2 heterocycles. The highest BCUT2D eigenvalue weighted by Crippen LogP contribution is 1.96. The van der Waals surface area contributed by atoms with E-state index in [2.05, 4.69) is 46.5 Å². The minimum atomic E-state index is 0. The lowest BCUT2D eigenvalue weighted by Gasteiger charge is -1.86. The van der Waals surface area contributed by atoms with Crippen LogP contribution in [0.1, 0.15) is 56.4 Å². The normalized spacial score (nSPS) is 8.20. The smallest absolute Gasteiger partial charge is 0.136 e. The summed E-state index contributed by atoms with van der Waals surface area (Å²) in [5.74, 6) is 1.67. The molecule has 0 spiro atoms. The van der Waals surface area contributed by atoms with Crippen LogP contribution in [0.2, 0.25) is 0 Å². The van der Waals surface area contributed by atoms with Gasteiger partial charge in [0.1, 0.15) is 5.65 Å². The number of imidazole rings is 1. The van der Waals surface area contributed by atoms with Crippen molar-refractivity contribution >= 4 is 14.1 Å². The topological polar surface area (TPSA) is 17.3 Å². The monoisotopic (exact) mass is 277 g/mol. The van der Waals surface area contributed by atoms with Crippen molar-refractivity contribution in [1.29, 1.82) is 0 Å². The van der Waals surface area contributed by atoms with E-state index in [1.807, 2.05) is 35.0 Å². The van der Waals surface area contributed by atoms with Gasteiger partial charge in [-0.15, -0.1) is 0 Å². The van der Waals surface area contributed by atoms with E-state index in [4.69, 9.17) is 0 Å². The van der Waals surface area contributed by atoms with Crippen molar-refractivity contribution in [3.05, 3.63) is 36.8 Å². The molecule has 0 aliphatic rings. The zero-order valence-corrected chi connectivity index (χ0v) is 12.6. The fraction of sp³-hybridized carbons (Fsp3) is 0.588. The van der Waals surface area contributed by atoms with Crippen molar-refractivity contribution in [2.24, 2.45) is 11.8 Å². The second-order valence-corrected chi connectivity index (χ2v) is 5.36. The molecule has 0 aliphatic heterocycles. The zero-order valence-electron chi connectivity index (χ0n) is 12.6. The van der Waals surface area contributed by atoms with Gasteiger partial charge in [-0.1, -0.05) is 62.5 Å². The van der Waals surface area contributed by atoms with E-state index < -0.39 is 0 Å². The molecule has 2 nitrogen and oxygen atoms in total. The maximum Gasteiger partial charge on any atom is 0.136 e. The van der Waals surface area contributed by atoms with E-state index in [-0.39, 0.29) is 23.3 Å². The standard InChI is InChI=1S/C7H6N2.2C4H10.2CH4.B/c1-2-5-9-6-4-8-7(9)3-1;2*1-4(2)3;;;/h1-6H;2*4H,1-3H3;2*1H4;. The molecule has 0 unspecified atom stereocenters. The highest BCUT2D eigenvalue weighted by molar-refractivity contribution is 5.75. The molecule has 20 heavy (non-hydrogen) atoms. The first kappa shape index (κ1) is 27.2. The Hall–Kier alpha value is -1.25. The van der Waals surface area contributed by atoms with Crippen LogP contribution in [0, 0.1) is 11.8 Å². The Bertz CT molecular complexity index is 353. The van der Waals surface area contributed by atoms with Crippen LogP contribution >= 0.6 is 0 Å². The number of hydrogen-bond acceptors (Lipinski definition) is 1. The number of aromatic nitrogens is 2. The Morgan fingerprint density at radius 3 is 1.70 bits per heavy atom. The number of rotatable bonds is 0. The Kier molecular flexibility index (Phi) is 21.5. The van der Waals surface area contributed by atoms with Crippen LogP contribution in [0.5, 0.6) is 0 Å². The summed E-state index contributed by atoms with van der Waals surface area (Å²) < 4.78 is 1.97. The van der Waals surface area contributed by atoms with Gasteiger partial charge in [0.15, 0.2) is 0 Å². The molecule has 0 N–H and O–H groups in total. The van der Waals surface area contributed by atoms with Crippen molar-refractivity contribution in [2.75, 3.05) is 0 Å². The number of fused-ring (bicyclic) bond motifs is 1. The fourth-order valence-corrected chi connectivity index (χ4v) is 0.864. The maximum absolute atomic E-state index is 4.08. The number of nitrogens with zero attached hydrogens (tertiary/aromatic N) is 2. The zero-order chi connectivity index (χ0) is 13.3. The molecule has 0 saturated heterocycles. The van der Waals surface area contributed by atoms with Crippen LogP contribution in [0.3, 0.4) is 0 Å². The van der Waals surface area contributed by atoms with Gasteiger partial charge in [0.05, 0.1) is 0 Å². The molecule has 2 rings (SSSR count). The van der Waals surface area contributed by atoms with E-state index in [1.165, 1.54) is 0 Å². The van der Waals surface area contributed by atoms with Gasteiger partial charge in [0.25, 0.3) is 0 Å². The van der Waals surface area contributed by atoms with Gasteiger partial charge in [-0.05, 0) is 24.0 Å². The summed E-state index contributed by atoms with van der Waals surface area (Å²) in [5, 5.41) is 0. The Morgan fingerprint density at radius 2 is 1.30 bits per heavy atom. The van der Waals surface area contributed by atoms with Gasteiger partial charge < -0.3 is 4.40 Å². The molecule has 2 aromatic rings. The summed E-state index contributed by atoms with van der Waals surface area (Å²) in [4.78, 5) is 4.08. The molecule has 0 fully saturated rings. The van der Waals surface area contributed by atoms with Crippen LogP contribution in [-0.4, -0.2) is 17.8 Å². The van der Waals surface area contributed by atoms with Crippen molar-refractivity contribution in [3.63, 3.8) is 0 Å². The molecule has 0 saturated carbocycles. The van der Waals surface area contributed by atoms with Crippen molar-refractivity contribution < 1.29 is 0 Å². The highest BCUT2D eigenvalue weighted by Gasteiger charge is 1.85. The van der Waals surface area contributed by atoms with E-state index >= 15 is 0 Å². The van der Waals surface area contributed by atoms with E-state index in [0.29, 0.717) is 0 Å². The summed E-state index contributed by atoms with van der Waals surface area (Å²) in [6.45, 7) is 13.0. The molecule has 115 valence electrons. The van der Waals surface area contributed by atoms with E-state index in [9.17, 15) is 0 Å². The summed E-state index contributed by atoms with van der Waals surface area (Å²) in [5.41, 5.74) is 0.998. The van der Waals surface area contributed by atoms with E-state index in [1.54, 1.807) is 6.20 Å². The lowest BCUT2D eigenvalue weighted by Crippen LogP contribution is -1.77. The summed E-state index contributed by atoms with van der Waals surface area (Å²) >= 11 is 0. The Labute approximate surface area is 129 Å². The second-order valence-electron chi connectivity index (χ2n) is 5.36. The third-order valence-electron chi connectivity index (χ3n) is 1.30. The lowest BCUT2D eigenvalue weighted by molar-refractivity contribution is 0.736. The van der Waals surface area contributed by atoms with Gasteiger partial charge in [-0.25, -0.2) is 4.98 Å². The van der Waals surface area contributed by atoms with Crippen LogP contribution in [-0.2, 0) is 0 Å². The molecule has 0 aliphatic carbocycles. The van der Waals surface area contributed by atoms with E-state index in [0.717, 1.165) is 17.5 Å². The molecule has 0 aromatic carbocycles. The third-order valence-corrected chi connectivity index (χ3v) is 1.30. The summed E-state index contributed by atoms with van der Waals surface area (Å²) in [6.07, 6.45) is 5.69. The molecular formula is C17H34BN2. The van der Waals surface area contributed by atoms with Gasteiger partial charge in [-0.3, -0.25) is 0 Å². The van der Waals surface area contributed by atoms with Crippen molar-refractivity contribution in [3.8, 4) is 0 Å². The molecule has 0 bridgehead atoms. The molecule has 0 atom stereocenters. The van der Waals surface area contributed by atoms with Crippen molar-refractivity contribution in [2.45, 2.75) is 56.4 Å². The predicted molar refractivity (Wildman–Crippen MR) is 95.4 cm³/mol. The van der Waals surface area contributed by atoms with Gasteiger partial charge in [-0.2, -0.15) is 0 Å². The van der Waals surface area contributed by atoms with Crippen LogP contribution in [0.4, 0.5) is 0 Å². The SMILES string of the molecule is C.C.CC(C)C.CC(C)C.[B].c1ccn2ccnc2c1. The first-order valence-corrected chi connectivity index (χ1v) is 6.31. The van der Waals surface area contributed by atoms with Gasteiger partial charge in [0.2, 0.25) is 0 Å². The molecule has 3 heteroatoms. The third kappa shape index (κ3) is 16.8. The highest BCUT2D eigenvalue weighted by atomic mass is 15.0. The quantitative estimate of drug-likeness (QED) is 0.577. The molecular weight excluding hydrogens is 243 g/mol. The average molecular weight is 277 g/mol. The summed E-state index contributed by atoms with van der Waals surface area (Å²) in [7, 11) is 0. The number of hydrogen-bond donors (Lipinski definition) is 0. The first-order valence-electron chi connectivity index (χ1n) is 6.31. The first-order chi connectivity index (χ1) is 7.93. The predicted octanol–water partition coefficient (Wildman–Crippen LogP) is 5.55. The Balaban J connectivity index is -0.000000103. The van der Waals surface area contributed by atoms with Crippen LogP contribution in [0.15, 0.2) is 36.8 Å². The molecule has 0 amide bonds. The average Bonchev–Trinajstić information content (AvgIpc) is 2.62. The maximum atomic E-state index is 4.08.